The maximum atomic E-state index is 11.4. The molecule has 102 valence electrons. The Morgan fingerprint density at radius 3 is 2.12 bits per heavy atom. The van der Waals surface area contributed by atoms with Crippen molar-refractivity contribution in [2.75, 3.05) is 0 Å². The maximum Gasteiger partial charge on any atom is 0.306 e. The van der Waals surface area contributed by atoms with Crippen molar-refractivity contribution >= 4 is 5.97 Å². The number of unbranched alkanes of at least 4 members (excludes halogenated alkanes) is 2. The van der Waals surface area contributed by atoms with Crippen LogP contribution < -0.4 is 0 Å². The minimum Gasteiger partial charge on any atom is -0.481 e. The van der Waals surface area contributed by atoms with E-state index in [4.69, 9.17) is 0 Å². The number of aliphatic carboxylic acids is 1. The van der Waals surface area contributed by atoms with E-state index in [0.717, 1.165) is 38.5 Å². The molecule has 0 radical (unpaired) electrons. The quantitative estimate of drug-likeness (QED) is 0.625. The summed E-state index contributed by atoms with van der Waals surface area (Å²) >= 11 is 0. The number of carboxylic acids is 1. The van der Waals surface area contributed by atoms with Crippen LogP contribution in [0.1, 0.15) is 73.1 Å². The smallest absolute Gasteiger partial charge is 0.306 e. The minimum absolute atomic E-state index is 0.147. The summed E-state index contributed by atoms with van der Waals surface area (Å²) in [6, 6.07) is 0. The van der Waals surface area contributed by atoms with E-state index >= 15 is 0 Å². The number of carboxylic acid groups (broad SMARTS) is 1. The molecule has 0 amide bonds. The molecule has 0 saturated carbocycles. The van der Waals surface area contributed by atoms with E-state index in [1.165, 1.54) is 0 Å². The van der Waals surface area contributed by atoms with Crippen LogP contribution in [0.4, 0.5) is 0 Å². The van der Waals surface area contributed by atoms with Gasteiger partial charge in [0.05, 0.1) is 5.92 Å². The summed E-state index contributed by atoms with van der Waals surface area (Å²) < 4.78 is 0. The summed E-state index contributed by atoms with van der Waals surface area (Å²) in [6.45, 7) is 10.9. The van der Waals surface area contributed by atoms with Crippen molar-refractivity contribution < 1.29 is 9.90 Å². The molecular weight excluding hydrogens is 212 g/mol. The minimum atomic E-state index is -0.600. The Morgan fingerprint density at radius 1 is 1.18 bits per heavy atom. The van der Waals surface area contributed by atoms with Crippen LogP contribution in [-0.4, -0.2) is 11.1 Å². The van der Waals surface area contributed by atoms with Crippen molar-refractivity contribution in [1.29, 1.82) is 0 Å². The van der Waals surface area contributed by atoms with Crippen LogP contribution in [0.25, 0.3) is 0 Å². The zero-order valence-corrected chi connectivity index (χ0v) is 12.3. The van der Waals surface area contributed by atoms with Crippen LogP contribution in [0.5, 0.6) is 0 Å². The van der Waals surface area contributed by atoms with E-state index in [2.05, 4.69) is 34.6 Å². The van der Waals surface area contributed by atoms with Gasteiger partial charge >= 0.3 is 5.97 Å². The molecule has 0 aliphatic heterocycles. The summed E-state index contributed by atoms with van der Waals surface area (Å²) in [5.74, 6) is -0.424. The van der Waals surface area contributed by atoms with Gasteiger partial charge in [-0.15, -0.1) is 0 Å². The Balaban J connectivity index is 4.47. The second-order valence-corrected chi connectivity index (χ2v) is 6.37. The molecule has 1 N–H and O–H groups in total. The number of hydrogen-bond acceptors (Lipinski definition) is 1. The Bertz CT molecular complexity index is 215. The van der Waals surface area contributed by atoms with Gasteiger partial charge < -0.3 is 5.11 Å². The first kappa shape index (κ1) is 16.5. The van der Waals surface area contributed by atoms with Gasteiger partial charge in [0.25, 0.3) is 0 Å². The zero-order valence-electron chi connectivity index (χ0n) is 12.3. The normalized spacial score (nSPS) is 15.6. The van der Waals surface area contributed by atoms with Crippen LogP contribution in [0, 0.1) is 17.3 Å². The molecule has 0 spiro atoms. The number of carbonyl (C=O) groups is 1. The molecule has 0 heterocycles. The summed E-state index contributed by atoms with van der Waals surface area (Å²) in [4.78, 5) is 11.4. The number of hydrogen-bond donors (Lipinski definition) is 1. The fourth-order valence-corrected chi connectivity index (χ4v) is 2.53. The summed E-state index contributed by atoms with van der Waals surface area (Å²) in [5, 5.41) is 9.37. The molecule has 0 saturated heterocycles. The highest BCUT2D eigenvalue weighted by molar-refractivity contribution is 5.70. The predicted molar refractivity (Wildman–Crippen MR) is 73.1 cm³/mol. The Morgan fingerprint density at radius 2 is 1.76 bits per heavy atom. The van der Waals surface area contributed by atoms with Crippen molar-refractivity contribution in [3.63, 3.8) is 0 Å². The molecule has 2 unspecified atom stereocenters. The van der Waals surface area contributed by atoms with E-state index in [9.17, 15) is 9.90 Å². The van der Waals surface area contributed by atoms with Crippen molar-refractivity contribution in [2.24, 2.45) is 17.3 Å². The van der Waals surface area contributed by atoms with E-state index < -0.39 is 5.97 Å². The lowest BCUT2D eigenvalue weighted by Crippen LogP contribution is -2.27. The fourth-order valence-electron chi connectivity index (χ4n) is 2.53. The van der Waals surface area contributed by atoms with Gasteiger partial charge in [-0.05, 0) is 24.2 Å². The molecule has 17 heavy (non-hydrogen) atoms. The van der Waals surface area contributed by atoms with Gasteiger partial charge in [-0.25, -0.2) is 0 Å². The number of rotatable bonds is 8. The molecule has 2 atom stereocenters. The van der Waals surface area contributed by atoms with Gasteiger partial charge in [-0.2, -0.15) is 0 Å². The van der Waals surface area contributed by atoms with E-state index in [1.54, 1.807) is 0 Å². The molecule has 0 rings (SSSR count). The molecule has 2 heteroatoms. The van der Waals surface area contributed by atoms with Crippen molar-refractivity contribution in [3.8, 4) is 0 Å². The van der Waals surface area contributed by atoms with Crippen LogP contribution in [0.2, 0.25) is 0 Å². The second kappa shape index (κ2) is 7.73. The topological polar surface area (TPSA) is 37.3 Å². The Hall–Kier alpha value is -0.530. The van der Waals surface area contributed by atoms with E-state index in [1.807, 2.05) is 0 Å². The highest BCUT2D eigenvalue weighted by atomic mass is 16.4. The maximum absolute atomic E-state index is 11.4. The third-order valence-electron chi connectivity index (χ3n) is 3.40. The zero-order chi connectivity index (χ0) is 13.5. The molecule has 0 aliphatic carbocycles. The third-order valence-corrected chi connectivity index (χ3v) is 3.40. The van der Waals surface area contributed by atoms with Gasteiger partial charge in [0.15, 0.2) is 0 Å². The first-order chi connectivity index (χ1) is 7.81. The molecule has 0 fully saturated rings. The lowest BCUT2D eigenvalue weighted by molar-refractivity contribution is -0.144. The van der Waals surface area contributed by atoms with Crippen LogP contribution >= 0.6 is 0 Å². The molecule has 0 aliphatic rings. The van der Waals surface area contributed by atoms with Gasteiger partial charge in [-0.3, -0.25) is 4.79 Å². The molecule has 0 aromatic rings. The monoisotopic (exact) mass is 242 g/mol. The summed E-state index contributed by atoms with van der Waals surface area (Å²) in [7, 11) is 0. The molecule has 0 bridgehead atoms. The van der Waals surface area contributed by atoms with Gasteiger partial charge in [-0.1, -0.05) is 60.3 Å². The van der Waals surface area contributed by atoms with Crippen molar-refractivity contribution in [1.82, 2.24) is 0 Å². The van der Waals surface area contributed by atoms with Crippen LogP contribution in [0.15, 0.2) is 0 Å². The Kier molecular flexibility index (Phi) is 7.49. The highest BCUT2D eigenvalue weighted by Crippen LogP contribution is 2.33. The lowest BCUT2D eigenvalue weighted by atomic mass is 9.75. The molecule has 0 aromatic heterocycles. The third kappa shape index (κ3) is 7.40. The van der Waals surface area contributed by atoms with Crippen LogP contribution in [0.3, 0.4) is 0 Å². The largest absolute Gasteiger partial charge is 0.481 e. The fraction of sp³-hybridized carbons (Fsp3) is 0.933. The predicted octanol–water partition coefficient (Wildman–Crippen LogP) is 4.73. The first-order valence-electron chi connectivity index (χ1n) is 7.04. The summed E-state index contributed by atoms with van der Waals surface area (Å²) in [5.41, 5.74) is 0.221. The standard InChI is InChI=1S/C15H30O2/c1-6-8-9-10-13(14(16)17)12(7-2)11-15(3,4)5/h12-13H,6-11H2,1-5H3,(H,16,17). The SMILES string of the molecule is CCCCCC(C(=O)O)C(CC)CC(C)(C)C. The van der Waals surface area contributed by atoms with Crippen LogP contribution in [-0.2, 0) is 4.79 Å². The average Bonchev–Trinajstić information content (AvgIpc) is 2.20. The molecule has 2 nitrogen and oxygen atoms in total. The molecular formula is C15H30O2. The van der Waals surface area contributed by atoms with E-state index in [-0.39, 0.29) is 11.3 Å². The summed E-state index contributed by atoms with van der Waals surface area (Å²) in [6.07, 6.45) is 6.18. The van der Waals surface area contributed by atoms with Gasteiger partial charge in [0.2, 0.25) is 0 Å². The molecule has 0 aromatic carbocycles. The van der Waals surface area contributed by atoms with Gasteiger partial charge in [0, 0.05) is 0 Å². The second-order valence-electron chi connectivity index (χ2n) is 6.37. The van der Waals surface area contributed by atoms with Crippen molar-refractivity contribution in [3.05, 3.63) is 0 Å². The average molecular weight is 242 g/mol. The highest BCUT2D eigenvalue weighted by Gasteiger charge is 2.29. The first-order valence-corrected chi connectivity index (χ1v) is 7.04. The Labute approximate surface area is 107 Å². The lowest BCUT2D eigenvalue weighted by Gasteiger charge is -2.29. The van der Waals surface area contributed by atoms with Gasteiger partial charge in [0.1, 0.15) is 0 Å². The van der Waals surface area contributed by atoms with Crippen molar-refractivity contribution in [2.45, 2.75) is 73.1 Å². The van der Waals surface area contributed by atoms with E-state index in [0.29, 0.717) is 5.92 Å².